The summed E-state index contributed by atoms with van der Waals surface area (Å²) in [7, 11) is 0. The number of aliphatic hydroxyl groups is 1. The zero-order valence-electron chi connectivity index (χ0n) is 8.55. The minimum Gasteiger partial charge on any atom is -0.392 e. The Morgan fingerprint density at radius 3 is 2.42 bits per heavy atom. The van der Waals surface area contributed by atoms with Gasteiger partial charge in [0.1, 0.15) is 0 Å². The molecule has 0 amide bonds. The van der Waals surface area contributed by atoms with E-state index in [9.17, 15) is 5.11 Å². The van der Waals surface area contributed by atoms with Crippen LogP contribution >= 0.6 is 11.8 Å². The molecule has 12 heavy (non-hydrogen) atoms. The van der Waals surface area contributed by atoms with Crippen molar-refractivity contribution in [3.8, 4) is 0 Å². The van der Waals surface area contributed by atoms with E-state index in [1.165, 1.54) is 12.8 Å². The molecule has 0 heterocycles. The first kappa shape index (κ1) is 12.3. The van der Waals surface area contributed by atoms with E-state index in [-0.39, 0.29) is 6.10 Å². The lowest BCUT2D eigenvalue weighted by Gasteiger charge is -2.10. The highest BCUT2D eigenvalue weighted by atomic mass is 32.2. The molecule has 0 saturated carbocycles. The van der Waals surface area contributed by atoms with Crippen molar-refractivity contribution in [2.45, 2.75) is 46.1 Å². The molecule has 0 saturated heterocycles. The lowest BCUT2D eigenvalue weighted by atomic mass is 10.1. The van der Waals surface area contributed by atoms with Crippen molar-refractivity contribution >= 4 is 11.8 Å². The molecule has 1 N–H and O–H groups in total. The van der Waals surface area contributed by atoms with Gasteiger partial charge >= 0.3 is 0 Å². The highest BCUT2D eigenvalue weighted by Gasteiger charge is 2.03. The van der Waals surface area contributed by atoms with Crippen molar-refractivity contribution in [3.05, 3.63) is 0 Å². The van der Waals surface area contributed by atoms with E-state index in [0.717, 1.165) is 23.8 Å². The van der Waals surface area contributed by atoms with E-state index >= 15 is 0 Å². The summed E-state index contributed by atoms with van der Waals surface area (Å²) in [6.07, 6.45) is 3.32. The standard InChI is InChI=1S/C10H22OS/c1-4-12-8-10(11)7-5-6-9(2)3/h9-11H,4-8H2,1-3H3. The Balaban J connectivity index is 3.13. The van der Waals surface area contributed by atoms with Crippen LogP contribution in [0.2, 0.25) is 0 Å². The summed E-state index contributed by atoms with van der Waals surface area (Å²) in [5.74, 6) is 2.80. The Labute approximate surface area is 80.9 Å². The van der Waals surface area contributed by atoms with Crippen molar-refractivity contribution in [2.24, 2.45) is 5.92 Å². The van der Waals surface area contributed by atoms with Gasteiger partial charge in [0, 0.05) is 5.75 Å². The second-order valence-corrected chi connectivity index (χ2v) is 4.96. The molecule has 0 bridgehead atoms. The molecule has 2 heteroatoms. The monoisotopic (exact) mass is 190 g/mol. The average molecular weight is 190 g/mol. The summed E-state index contributed by atoms with van der Waals surface area (Å²) in [5, 5.41) is 9.47. The summed E-state index contributed by atoms with van der Waals surface area (Å²) in [4.78, 5) is 0. The Morgan fingerprint density at radius 2 is 1.92 bits per heavy atom. The zero-order valence-corrected chi connectivity index (χ0v) is 9.36. The normalized spacial score (nSPS) is 13.8. The molecule has 1 atom stereocenters. The van der Waals surface area contributed by atoms with Crippen LogP contribution in [0, 0.1) is 5.92 Å². The van der Waals surface area contributed by atoms with Crippen molar-refractivity contribution < 1.29 is 5.11 Å². The van der Waals surface area contributed by atoms with Gasteiger partial charge in [0.2, 0.25) is 0 Å². The molecule has 0 aliphatic heterocycles. The molecule has 0 radical (unpaired) electrons. The van der Waals surface area contributed by atoms with Crippen LogP contribution in [0.5, 0.6) is 0 Å². The summed E-state index contributed by atoms with van der Waals surface area (Å²) >= 11 is 1.83. The highest BCUT2D eigenvalue weighted by molar-refractivity contribution is 7.99. The van der Waals surface area contributed by atoms with E-state index in [0.29, 0.717) is 0 Å². The maximum Gasteiger partial charge on any atom is 0.0630 e. The SMILES string of the molecule is CCSCC(O)CCCC(C)C. The van der Waals surface area contributed by atoms with Crippen molar-refractivity contribution in [3.63, 3.8) is 0 Å². The molecule has 1 unspecified atom stereocenters. The predicted octanol–water partition coefficient (Wildman–Crippen LogP) is 2.93. The van der Waals surface area contributed by atoms with Gasteiger partial charge in [-0.2, -0.15) is 11.8 Å². The highest BCUT2D eigenvalue weighted by Crippen LogP contribution is 2.11. The predicted molar refractivity (Wildman–Crippen MR) is 57.7 cm³/mol. The van der Waals surface area contributed by atoms with Crippen LogP contribution in [-0.4, -0.2) is 22.7 Å². The third-order valence-corrected chi connectivity index (χ3v) is 2.86. The van der Waals surface area contributed by atoms with Gasteiger partial charge in [-0.15, -0.1) is 0 Å². The fourth-order valence-electron chi connectivity index (χ4n) is 1.10. The van der Waals surface area contributed by atoms with Gasteiger partial charge in [0.25, 0.3) is 0 Å². The number of hydrogen-bond donors (Lipinski definition) is 1. The smallest absolute Gasteiger partial charge is 0.0630 e. The van der Waals surface area contributed by atoms with Gasteiger partial charge in [-0.1, -0.05) is 33.6 Å². The summed E-state index contributed by atoms with van der Waals surface area (Å²) in [6, 6.07) is 0. The number of rotatable bonds is 7. The van der Waals surface area contributed by atoms with E-state index < -0.39 is 0 Å². The second kappa shape index (κ2) is 7.93. The zero-order chi connectivity index (χ0) is 9.40. The van der Waals surface area contributed by atoms with Gasteiger partial charge in [0.15, 0.2) is 0 Å². The van der Waals surface area contributed by atoms with Gasteiger partial charge in [-0.05, 0) is 18.1 Å². The molecule has 0 aromatic heterocycles. The topological polar surface area (TPSA) is 20.2 Å². The van der Waals surface area contributed by atoms with Gasteiger partial charge < -0.3 is 5.11 Å². The van der Waals surface area contributed by atoms with Crippen LogP contribution in [0.25, 0.3) is 0 Å². The van der Waals surface area contributed by atoms with Gasteiger partial charge in [-0.3, -0.25) is 0 Å². The molecule has 0 aromatic carbocycles. The summed E-state index contributed by atoms with van der Waals surface area (Å²) in [5.41, 5.74) is 0. The van der Waals surface area contributed by atoms with Crippen molar-refractivity contribution in [1.29, 1.82) is 0 Å². The van der Waals surface area contributed by atoms with Crippen LogP contribution < -0.4 is 0 Å². The maximum atomic E-state index is 9.47. The van der Waals surface area contributed by atoms with Crippen LogP contribution in [0.1, 0.15) is 40.0 Å². The lowest BCUT2D eigenvalue weighted by molar-refractivity contribution is 0.183. The number of aliphatic hydroxyl groups excluding tert-OH is 1. The first-order valence-corrected chi connectivity index (χ1v) is 6.08. The molecule has 0 aliphatic rings. The number of thioether (sulfide) groups is 1. The van der Waals surface area contributed by atoms with Crippen molar-refractivity contribution in [2.75, 3.05) is 11.5 Å². The van der Waals surface area contributed by atoms with Crippen LogP contribution in [-0.2, 0) is 0 Å². The Kier molecular flexibility index (Phi) is 8.14. The van der Waals surface area contributed by atoms with Crippen LogP contribution in [0.4, 0.5) is 0 Å². The second-order valence-electron chi connectivity index (χ2n) is 3.64. The van der Waals surface area contributed by atoms with E-state index in [1.807, 2.05) is 11.8 Å². The Bertz CT molecular complexity index is 93.8. The van der Waals surface area contributed by atoms with Gasteiger partial charge in [0.05, 0.1) is 6.10 Å². The molecule has 74 valence electrons. The summed E-state index contributed by atoms with van der Waals surface area (Å²) < 4.78 is 0. The summed E-state index contributed by atoms with van der Waals surface area (Å²) in [6.45, 7) is 6.59. The molecule has 0 aromatic rings. The molecule has 0 fully saturated rings. The Morgan fingerprint density at radius 1 is 1.25 bits per heavy atom. The van der Waals surface area contributed by atoms with Gasteiger partial charge in [-0.25, -0.2) is 0 Å². The van der Waals surface area contributed by atoms with E-state index in [4.69, 9.17) is 0 Å². The van der Waals surface area contributed by atoms with Crippen molar-refractivity contribution in [1.82, 2.24) is 0 Å². The lowest BCUT2D eigenvalue weighted by Crippen LogP contribution is -2.10. The molecule has 1 nitrogen and oxygen atoms in total. The fraction of sp³-hybridized carbons (Fsp3) is 1.00. The number of hydrogen-bond acceptors (Lipinski definition) is 2. The average Bonchev–Trinajstić information content (AvgIpc) is 2.00. The minimum absolute atomic E-state index is 0.0753. The largest absolute Gasteiger partial charge is 0.392 e. The van der Waals surface area contributed by atoms with E-state index in [1.54, 1.807) is 0 Å². The van der Waals surface area contributed by atoms with Crippen LogP contribution in [0.3, 0.4) is 0 Å². The van der Waals surface area contributed by atoms with E-state index in [2.05, 4.69) is 20.8 Å². The van der Waals surface area contributed by atoms with Crippen LogP contribution in [0.15, 0.2) is 0 Å². The first-order valence-electron chi connectivity index (χ1n) is 4.92. The third kappa shape index (κ3) is 8.41. The fourth-order valence-corrected chi connectivity index (χ4v) is 1.77. The third-order valence-electron chi connectivity index (χ3n) is 1.83. The Hall–Kier alpha value is 0.310. The molecular weight excluding hydrogens is 168 g/mol. The minimum atomic E-state index is -0.0753. The molecule has 0 rings (SSSR count). The molecule has 0 spiro atoms. The first-order chi connectivity index (χ1) is 5.66. The molecular formula is C10H22OS. The molecule has 0 aliphatic carbocycles. The quantitative estimate of drug-likeness (QED) is 0.666. The maximum absolute atomic E-state index is 9.47.